The quantitative estimate of drug-likeness (QED) is 0.0887. The van der Waals surface area contributed by atoms with E-state index in [2.05, 4.69) is 31.4 Å². The highest BCUT2D eigenvalue weighted by molar-refractivity contribution is 8.02. The van der Waals surface area contributed by atoms with Crippen molar-refractivity contribution in [2.24, 2.45) is 5.16 Å². The number of carbonyl (C=O) groups is 4. The van der Waals surface area contributed by atoms with Crippen molar-refractivity contribution < 1.29 is 47.4 Å². The van der Waals surface area contributed by atoms with Crippen LogP contribution in [0.2, 0.25) is 0 Å². The molecule has 2 amide bonds. The third-order valence-electron chi connectivity index (χ3n) is 5.28. The maximum atomic E-state index is 13.0. The maximum absolute atomic E-state index is 13.0. The fraction of sp³-hybridized carbons (Fsp3) is 0.250. The average Bonchev–Trinajstić information content (AvgIpc) is 3.41. The van der Waals surface area contributed by atoms with Gasteiger partial charge in [0.15, 0.2) is 5.13 Å². The molecule has 0 radical (unpaired) electrons. The van der Waals surface area contributed by atoms with Crippen LogP contribution >= 0.6 is 35.1 Å². The normalized spacial score (nSPS) is 18.1. The number of hydrogen-bond donors (Lipinski definition) is 4. The van der Waals surface area contributed by atoms with Gasteiger partial charge in [-0.05, 0) is 29.2 Å². The van der Waals surface area contributed by atoms with Gasteiger partial charge < -0.3 is 26.1 Å². The summed E-state index contributed by atoms with van der Waals surface area (Å²) < 4.78 is 35.7. The number of carbonyl (C=O) groups excluding carboxylic acids is 2. The lowest BCUT2D eigenvalue weighted by molar-refractivity contribution is -0.192. The van der Waals surface area contributed by atoms with E-state index in [0.29, 0.717) is 17.1 Å². The Labute approximate surface area is 259 Å². The molecular formula is C24H22F3N7O7S3. The van der Waals surface area contributed by atoms with E-state index in [0.717, 1.165) is 17.2 Å². The number of rotatable bonds is 11. The number of amides is 2. The molecule has 1 fully saturated rings. The summed E-state index contributed by atoms with van der Waals surface area (Å²) in [6, 6.07) is 4.59. The van der Waals surface area contributed by atoms with E-state index in [1.165, 1.54) is 34.5 Å². The number of aromatic nitrogens is 3. The SMILES string of the molecule is C=CCON=C(C(=O)NC1C(=O)N2C(C(=O)O)=C(CS/C=C/c3ccccn3)CS[C@@H]12)c1nsc(N)n1.O=C(O)C(F)(F)F. The Morgan fingerprint density at radius 2 is 2.05 bits per heavy atom. The van der Waals surface area contributed by atoms with Gasteiger partial charge >= 0.3 is 18.1 Å². The second kappa shape index (κ2) is 15.3. The molecule has 2 aliphatic heterocycles. The molecule has 0 bridgehead atoms. The van der Waals surface area contributed by atoms with Crippen molar-refractivity contribution in [2.75, 3.05) is 23.8 Å². The Morgan fingerprint density at radius 1 is 1.32 bits per heavy atom. The Kier molecular flexibility index (Phi) is 11.9. The van der Waals surface area contributed by atoms with Crippen molar-refractivity contribution in [3.8, 4) is 0 Å². The number of halogens is 3. The summed E-state index contributed by atoms with van der Waals surface area (Å²) in [6.45, 7) is 3.55. The third kappa shape index (κ3) is 8.80. The predicted octanol–water partition coefficient (Wildman–Crippen LogP) is 2.20. The highest BCUT2D eigenvalue weighted by Gasteiger charge is 2.54. The molecule has 2 atom stereocenters. The standard InChI is InChI=1S/C22H21N7O5S3.C2HF3O2/c1-2-8-34-27-14(17-26-22(23)37-28-17)18(30)25-15-19(31)29-16(21(32)33)12(11-36-20(15)29)10-35-9-6-13-5-3-4-7-24-13;3-2(4,5)1(6)7/h2-7,9,15,20H,1,8,10-11H2,(H,25,30)(H,32,33)(H2,23,26,28);(H,6,7)/b9-6+,27-14?;/t15?,20-;/m0./s1. The lowest BCUT2D eigenvalue weighted by Gasteiger charge is -2.49. The number of thioether (sulfide) groups is 2. The fourth-order valence-corrected chi connectivity index (χ4v) is 6.10. The number of carboxylic acid groups (broad SMARTS) is 2. The number of pyridine rings is 1. The minimum atomic E-state index is -5.08. The van der Waals surface area contributed by atoms with E-state index >= 15 is 0 Å². The van der Waals surface area contributed by atoms with Gasteiger partial charge in [0.05, 0.1) is 5.69 Å². The van der Waals surface area contributed by atoms with Crippen LogP contribution in [0.15, 0.2) is 58.9 Å². The van der Waals surface area contributed by atoms with Gasteiger partial charge in [0.25, 0.3) is 11.8 Å². The Balaban J connectivity index is 0.000000676. The van der Waals surface area contributed by atoms with Crippen LogP contribution in [0, 0.1) is 0 Å². The van der Waals surface area contributed by atoms with Gasteiger partial charge in [-0.3, -0.25) is 19.5 Å². The first kappa shape index (κ1) is 34.1. The molecule has 4 rings (SSSR count). The Hall–Kier alpha value is -4.43. The molecule has 234 valence electrons. The minimum absolute atomic E-state index is 0.0373. The molecule has 5 N–H and O–H groups in total. The molecule has 2 aliphatic rings. The van der Waals surface area contributed by atoms with E-state index in [1.807, 2.05) is 29.7 Å². The molecule has 0 aliphatic carbocycles. The number of oxime groups is 1. The van der Waals surface area contributed by atoms with Crippen LogP contribution in [-0.2, 0) is 24.0 Å². The number of β-lactam (4-membered cyclic amide) rings is 1. The summed E-state index contributed by atoms with van der Waals surface area (Å²) in [5.41, 5.74) is 6.70. The molecule has 14 nitrogen and oxygen atoms in total. The van der Waals surface area contributed by atoms with Crippen molar-refractivity contribution in [3.63, 3.8) is 0 Å². The van der Waals surface area contributed by atoms with Gasteiger partial charge in [-0.2, -0.15) is 22.5 Å². The van der Waals surface area contributed by atoms with Crippen LogP contribution in [0.4, 0.5) is 18.3 Å². The molecule has 0 saturated carbocycles. The Morgan fingerprint density at radius 3 is 2.61 bits per heavy atom. The zero-order valence-corrected chi connectivity index (χ0v) is 24.6. The monoisotopic (exact) mass is 673 g/mol. The average molecular weight is 674 g/mol. The van der Waals surface area contributed by atoms with Crippen molar-refractivity contribution in [2.45, 2.75) is 17.6 Å². The molecule has 0 aromatic carbocycles. The number of nitrogens with two attached hydrogens (primary N) is 1. The molecule has 4 heterocycles. The van der Waals surface area contributed by atoms with Crippen molar-refractivity contribution in [1.29, 1.82) is 0 Å². The van der Waals surface area contributed by atoms with E-state index < -0.39 is 41.3 Å². The number of anilines is 1. The summed E-state index contributed by atoms with van der Waals surface area (Å²) in [7, 11) is 0. The second-order valence-electron chi connectivity index (χ2n) is 8.27. The minimum Gasteiger partial charge on any atom is -0.477 e. The van der Waals surface area contributed by atoms with Crippen LogP contribution in [-0.4, -0.2) is 94.6 Å². The second-order valence-corrected chi connectivity index (χ2v) is 11.1. The first-order chi connectivity index (χ1) is 20.8. The number of hydrogen-bond acceptors (Lipinski definition) is 13. The molecule has 2 aromatic heterocycles. The highest BCUT2D eigenvalue weighted by Crippen LogP contribution is 2.41. The summed E-state index contributed by atoms with van der Waals surface area (Å²) >= 11 is 3.65. The zero-order chi connectivity index (χ0) is 32.4. The van der Waals surface area contributed by atoms with Gasteiger partial charge in [-0.25, -0.2) is 9.59 Å². The number of fused-ring (bicyclic) bond motifs is 1. The molecule has 2 aromatic rings. The smallest absolute Gasteiger partial charge is 0.477 e. The molecule has 1 unspecified atom stereocenters. The van der Waals surface area contributed by atoms with Gasteiger partial charge in [-0.15, -0.1) is 23.5 Å². The lowest BCUT2D eigenvalue weighted by atomic mass is 10.0. The predicted molar refractivity (Wildman–Crippen MR) is 156 cm³/mol. The first-order valence-corrected chi connectivity index (χ1v) is 14.8. The van der Waals surface area contributed by atoms with E-state index in [9.17, 15) is 32.7 Å². The molecule has 1 saturated heterocycles. The van der Waals surface area contributed by atoms with E-state index in [-0.39, 0.29) is 29.0 Å². The largest absolute Gasteiger partial charge is 0.490 e. The third-order valence-corrected chi connectivity index (χ3v) is 8.00. The number of nitrogens with one attached hydrogen (secondary N) is 1. The fourth-order valence-electron chi connectivity index (χ4n) is 3.41. The number of carboxylic acids is 2. The zero-order valence-electron chi connectivity index (χ0n) is 22.1. The number of nitrogen functional groups attached to an aromatic ring is 1. The van der Waals surface area contributed by atoms with Gasteiger partial charge in [0, 0.05) is 29.2 Å². The van der Waals surface area contributed by atoms with Crippen LogP contribution in [0.5, 0.6) is 0 Å². The highest BCUT2D eigenvalue weighted by atomic mass is 32.2. The van der Waals surface area contributed by atoms with Crippen LogP contribution in [0.25, 0.3) is 6.08 Å². The maximum Gasteiger partial charge on any atom is 0.490 e. The number of aliphatic carboxylic acids is 2. The van der Waals surface area contributed by atoms with Crippen molar-refractivity contribution in [3.05, 3.63) is 65.2 Å². The molecular weight excluding hydrogens is 652 g/mol. The summed E-state index contributed by atoms with van der Waals surface area (Å²) in [4.78, 5) is 61.3. The van der Waals surface area contributed by atoms with Crippen LogP contribution in [0.3, 0.4) is 0 Å². The summed E-state index contributed by atoms with van der Waals surface area (Å²) in [5, 5.41) is 24.7. The molecule has 0 spiro atoms. The molecule has 44 heavy (non-hydrogen) atoms. The first-order valence-electron chi connectivity index (χ1n) is 12.0. The summed E-state index contributed by atoms with van der Waals surface area (Å²) in [5.74, 6) is -4.51. The van der Waals surface area contributed by atoms with Crippen LogP contribution in [0.1, 0.15) is 11.5 Å². The van der Waals surface area contributed by atoms with Gasteiger partial charge in [-0.1, -0.05) is 23.9 Å². The number of alkyl halides is 3. The van der Waals surface area contributed by atoms with Crippen LogP contribution < -0.4 is 11.1 Å². The van der Waals surface area contributed by atoms with Gasteiger partial charge in [0.2, 0.25) is 11.5 Å². The topological polar surface area (TPSA) is 210 Å². The van der Waals surface area contributed by atoms with Crippen molar-refractivity contribution >= 4 is 75.7 Å². The van der Waals surface area contributed by atoms with E-state index in [4.69, 9.17) is 20.5 Å². The Bertz CT molecular complexity index is 1500. The van der Waals surface area contributed by atoms with E-state index in [1.54, 1.807) is 6.20 Å². The number of nitrogens with zero attached hydrogens (tertiary/aromatic N) is 5. The lowest BCUT2D eigenvalue weighted by Crippen LogP contribution is -2.71. The van der Waals surface area contributed by atoms with Crippen molar-refractivity contribution in [1.82, 2.24) is 24.6 Å². The van der Waals surface area contributed by atoms with Gasteiger partial charge in [0.1, 0.15) is 23.7 Å². The molecule has 20 heteroatoms. The summed E-state index contributed by atoms with van der Waals surface area (Å²) in [6.07, 6.45) is -0.130.